The van der Waals surface area contributed by atoms with Gasteiger partial charge >= 0.3 is 5.97 Å². The summed E-state index contributed by atoms with van der Waals surface area (Å²) in [5.74, 6) is -1.03. The van der Waals surface area contributed by atoms with Gasteiger partial charge in [-0.25, -0.2) is 9.48 Å². The van der Waals surface area contributed by atoms with E-state index in [1.54, 1.807) is 10.7 Å². The Morgan fingerprint density at radius 2 is 1.77 bits per heavy atom. The molecule has 0 radical (unpaired) electrons. The van der Waals surface area contributed by atoms with Crippen LogP contribution in [0.4, 0.5) is 0 Å². The number of aromatic nitrogens is 2. The normalized spacial score (nSPS) is 10.6. The number of carbonyl (C=O) groups is 1. The molecule has 3 aromatic rings. The van der Waals surface area contributed by atoms with Crippen LogP contribution in [-0.4, -0.2) is 20.9 Å². The summed E-state index contributed by atoms with van der Waals surface area (Å²) in [7, 11) is 0. The molecule has 22 heavy (non-hydrogen) atoms. The zero-order chi connectivity index (χ0) is 15.5. The molecule has 0 atom stereocenters. The minimum absolute atomic E-state index is 0.0402. The highest BCUT2D eigenvalue weighted by Gasteiger charge is 2.15. The molecule has 0 spiro atoms. The molecule has 0 aliphatic rings. The van der Waals surface area contributed by atoms with Gasteiger partial charge in [-0.05, 0) is 30.2 Å². The van der Waals surface area contributed by atoms with Gasteiger partial charge in [0.2, 0.25) is 0 Å². The van der Waals surface area contributed by atoms with Crippen molar-refractivity contribution in [1.29, 1.82) is 0 Å². The molecule has 0 aliphatic heterocycles. The van der Waals surface area contributed by atoms with E-state index in [0.29, 0.717) is 0 Å². The molecule has 0 fully saturated rings. The summed E-state index contributed by atoms with van der Waals surface area (Å²) in [4.78, 5) is 11.3. The van der Waals surface area contributed by atoms with Crippen molar-refractivity contribution in [3.05, 3.63) is 71.9 Å². The third-order valence-electron chi connectivity index (χ3n) is 3.59. The Labute approximate surface area is 128 Å². The van der Waals surface area contributed by atoms with Crippen molar-refractivity contribution >= 4 is 5.97 Å². The Morgan fingerprint density at radius 3 is 2.36 bits per heavy atom. The number of carboxylic acids is 1. The van der Waals surface area contributed by atoms with Crippen molar-refractivity contribution in [3.8, 4) is 16.9 Å². The first-order valence-corrected chi connectivity index (χ1v) is 7.17. The molecular weight excluding hydrogens is 276 g/mol. The molecule has 3 rings (SSSR count). The number of hydrogen-bond acceptors (Lipinski definition) is 2. The van der Waals surface area contributed by atoms with Crippen molar-refractivity contribution in [1.82, 2.24) is 9.78 Å². The van der Waals surface area contributed by atoms with Gasteiger partial charge in [-0.3, -0.25) is 0 Å². The molecule has 2 aromatic carbocycles. The summed E-state index contributed by atoms with van der Waals surface area (Å²) < 4.78 is 1.67. The van der Waals surface area contributed by atoms with Gasteiger partial charge in [-0.15, -0.1) is 0 Å². The second-order valence-electron chi connectivity index (χ2n) is 5.02. The second kappa shape index (κ2) is 5.85. The molecule has 0 aliphatic carbocycles. The number of hydrogen-bond donors (Lipinski definition) is 1. The Kier molecular flexibility index (Phi) is 3.74. The lowest BCUT2D eigenvalue weighted by atomic mass is 10.1. The highest BCUT2D eigenvalue weighted by molar-refractivity contribution is 5.87. The maximum Gasteiger partial charge on any atom is 0.356 e. The molecule has 0 bridgehead atoms. The fraction of sp³-hybridized carbons (Fsp3) is 0.111. The van der Waals surface area contributed by atoms with Crippen LogP contribution >= 0.6 is 0 Å². The van der Waals surface area contributed by atoms with Crippen molar-refractivity contribution in [2.75, 3.05) is 0 Å². The van der Waals surface area contributed by atoms with Crippen molar-refractivity contribution in [3.63, 3.8) is 0 Å². The first-order valence-electron chi connectivity index (χ1n) is 7.17. The van der Waals surface area contributed by atoms with Crippen LogP contribution in [0.1, 0.15) is 23.0 Å². The van der Waals surface area contributed by atoms with E-state index in [0.717, 1.165) is 23.4 Å². The van der Waals surface area contributed by atoms with E-state index >= 15 is 0 Å². The molecule has 0 saturated heterocycles. The lowest BCUT2D eigenvalue weighted by molar-refractivity contribution is 0.0690. The quantitative estimate of drug-likeness (QED) is 0.795. The maximum absolute atomic E-state index is 11.3. The summed E-state index contributed by atoms with van der Waals surface area (Å²) in [6, 6.07) is 19.3. The standard InChI is InChI=1S/C18H16N2O2/c1-2-13-8-10-14(11-9-13)17-12-16(18(21)22)19-20(17)15-6-4-3-5-7-15/h3-12H,2H2,1H3,(H,21,22). The molecule has 1 aromatic heterocycles. The third kappa shape index (κ3) is 2.63. The van der Waals surface area contributed by atoms with E-state index in [1.807, 2.05) is 42.5 Å². The fourth-order valence-corrected chi connectivity index (χ4v) is 2.37. The van der Waals surface area contributed by atoms with Crippen molar-refractivity contribution in [2.24, 2.45) is 0 Å². The number of carboxylic acid groups (broad SMARTS) is 1. The van der Waals surface area contributed by atoms with Gasteiger partial charge in [-0.2, -0.15) is 5.10 Å². The van der Waals surface area contributed by atoms with Gasteiger partial charge < -0.3 is 5.11 Å². The molecular formula is C18H16N2O2. The van der Waals surface area contributed by atoms with E-state index in [1.165, 1.54) is 5.56 Å². The number of nitrogens with zero attached hydrogens (tertiary/aromatic N) is 2. The molecule has 4 nitrogen and oxygen atoms in total. The second-order valence-corrected chi connectivity index (χ2v) is 5.02. The lowest BCUT2D eigenvalue weighted by Crippen LogP contribution is -2.02. The minimum Gasteiger partial charge on any atom is -0.476 e. The predicted molar refractivity (Wildman–Crippen MR) is 85.3 cm³/mol. The van der Waals surface area contributed by atoms with Crippen LogP contribution in [-0.2, 0) is 6.42 Å². The minimum atomic E-state index is -1.03. The highest BCUT2D eigenvalue weighted by atomic mass is 16.4. The Morgan fingerprint density at radius 1 is 1.09 bits per heavy atom. The van der Waals surface area contributed by atoms with Crippen LogP contribution in [0.3, 0.4) is 0 Å². The zero-order valence-corrected chi connectivity index (χ0v) is 12.2. The van der Waals surface area contributed by atoms with Gasteiger partial charge in [0.05, 0.1) is 11.4 Å². The Balaban J connectivity index is 2.14. The number of para-hydroxylation sites is 1. The van der Waals surface area contributed by atoms with Crippen LogP contribution in [0, 0.1) is 0 Å². The smallest absolute Gasteiger partial charge is 0.356 e. The van der Waals surface area contributed by atoms with Crippen LogP contribution in [0.5, 0.6) is 0 Å². The van der Waals surface area contributed by atoms with Crippen LogP contribution < -0.4 is 0 Å². The van der Waals surface area contributed by atoms with Crippen LogP contribution in [0.2, 0.25) is 0 Å². The summed E-state index contributed by atoms with van der Waals surface area (Å²) in [6.45, 7) is 2.10. The number of benzene rings is 2. The average molecular weight is 292 g/mol. The van der Waals surface area contributed by atoms with E-state index in [2.05, 4.69) is 24.2 Å². The third-order valence-corrected chi connectivity index (χ3v) is 3.59. The molecule has 1 N–H and O–H groups in total. The maximum atomic E-state index is 11.3. The molecule has 4 heteroatoms. The number of rotatable bonds is 4. The molecule has 0 unspecified atom stereocenters. The van der Waals surface area contributed by atoms with E-state index < -0.39 is 5.97 Å². The number of aryl methyl sites for hydroxylation is 1. The first-order chi connectivity index (χ1) is 10.7. The lowest BCUT2D eigenvalue weighted by Gasteiger charge is -2.08. The summed E-state index contributed by atoms with van der Waals surface area (Å²) in [5.41, 5.74) is 3.84. The SMILES string of the molecule is CCc1ccc(-c2cc(C(=O)O)nn2-c2ccccc2)cc1. The molecule has 110 valence electrons. The Bertz CT molecular complexity index is 790. The predicted octanol–water partition coefficient (Wildman–Crippen LogP) is 3.80. The van der Waals surface area contributed by atoms with Gasteiger partial charge in [0.25, 0.3) is 0 Å². The van der Waals surface area contributed by atoms with Gasteiger partial charge in [0, 0.05) is 5.56 Å². The monoisotopic (exact) mass is 292 g/mol. The van der Waals surface area contributed by atoms with Crippen LogP contribution in [0.15, 0.2) is 60.7 Å². The van der Waals surface area contributed by atoms with Crippen molar-refractivity contribution < 1.29 is 9.90 Å². The topological polar surface area (TPSA) is 55.1 Å². The molecule has 0 amide bonds. The van der Waals surface area contributed by atoms with Gasteiger partial charge in [0.1, 0.15) is 0 Å². The summed E-state index contributed by atoms with van der Waals surface area (Å²) in [6.07, 6.45) is 0.971. The van der Waals surface area contributed by atoms with Gasteiger partial charge in [0.15, 0.2) is 5.69 Å². The zero-order valence-electron chi connectivity index (χ0n) is 12.2. The summed E-state index contributed by atoms with van der Waals surface area (Å²) >= 11 is 0. The fourth-order valence-electron chi connectivity index (χ4n) is 2.37. The van der Waals surface area contributed by atoms with Gasteiger partial charge in [-0.1, -0.05) is 49.4 Å². The van der Waals surface area contributed by atoms with E-state index in [-0.39, 0.29) is 5.69 Å². The Hall–Kier alpha value is -2.88. The van der Waals surface area contributed by atoms with Crippen molar-refractivity contribution in [2.45, 2.75) is 13.3 Å². The van der Waals surface area contributed by atoms with Crippen LogP contribution in [0.25, 0.3) is 16.9 Å². The largest absolute Gasteiger partial charge is 0.476 e. The van der Waals surface area contributed by atoms with E-state index in [9.17, 15) is 9.90 Å². The molecule has 1 heterocycles. The summed E-state index contributed by atoms with van der Waals surface area (Å²) in [5, 5.41) is 13.4. The molecule has 0 saturated carbocycles. The van der Waals surface area contributed by atoms with E-state index in [4.69, 9.17) is 0 Å². The highest BCUT2D eigenvalue weighted by Crippen LogP contribution is 2.24. The first kappa shape index (κ1) is 14.1. The number of aromatic carboxylic acids is 1. The average Bonchev–Trinajstić information content (AvgIpc) is 3.01.